The lowest BCUT2D eigenvalue weighted by atomic mass is 9.97. The molecule has 1 aliphatic rings. The van der Waals surface area contributed by atoms with Gasteiger partial charge in [-0.2, -0.15) is 0 Å². The van der Waals surface area contributed by atoms with Gasteiger partial charge in [0.2, 0.25) is 0 Å². The normalized spacial score (nSPS) is 23.6. The monoisotopic (exact) mass is 272 g/mol. The van der Waals surface area contributed by atoms with Gasteiger partial charge in [0.1, 0.15) is 12.0 Å². The van der Waals surface area contributed by atoms with Crippen molar-refractivity contribution in [3.05, 3.63) is 23.7 Å². The van der Waals surface area contributed by atoms with Crippen LogP contribution in [-0.4, -0.2) is 22.9 Å². The Bertz CT molecular complexity index is 395. The molecular weight excluding hydrogens is 252 g/mol. The van der Waals surface area contributed by atoms with E-state index in [1.54, 1.807) is 6.07 Å². The molecule has 1 saturated heterocycles. The minimum Gasteiger partial charge on any atom is -0.467 e. The van der Waals surface area contributed by atoms with E-state index in [1.165, 1.54) is 12.7 Å². The number of amides is 1. The van der Waals surface area contributed by atoms with Gasteiger partial charge in [0.15, 0.2) is 0 Å². The first-order valence-electron chi connectivity index (χ1n) is 6.23. The Morgan fingerprint density at radius 3 is 2.56 bits per heavy atom. The molecule has 0 aliphatic carbocycles. The fourth-order valence-electron chi connectivity index (χ4n) is 2.57. The average molecular weight is 273 g/mol. The molecule has 0 aromatic carbocycles. The maximum atomic E-state index is 12.4. The van der Waals surface area contributed by atoms with E-state index in [0.29, 0.717) is 30.0 Å². The van der Waals surface area contributed by atoms with E-state index in [-0.39, 0.29) is 18.3 Å². The lowest BCUT2D eigenvalue weighted by Crippen LogP contribution is -2.47. The van der Waals surface area contributed by atoms with Crippen molar-refractivity contribution in [1.29, 1.82) is 0 Å². The summed E-state index contributed by atoms with van der Waals surface area (Å²) in [4.78, 5) is 14.3. The average Bonchev–Trinajstić information content (AvgIpc) is 2.77. The molecule has 5 heteroatoms. The van der Waals surface area contributed by atoms with E-state index < -0.39 is 0 Å². The number of rotatable bonds is 2. The summed E-state index contributed by atoms with van der Waals surface area (Å²) in [6.07, 6.45) is 4.87. The van der Waals surface area contributed by atoms with Crippen molar-refractivity contribution in [2.45, 2.75) is 51.7 Å². The number of nitrogens with zero attached hydrogens (tertiary/aromatic N) is 1. The highest BCUT2D eigenvalue weighted by Gasteiger charge is 2.30. The van der Waals surface area contributed by atoms with Crippen LogP contribution in [0.4, 0.5) is 0 Å². The summed E-state index contributed by atoms with van der Waals surface area (Å²) in [5, 5.41) is 0. The van der Waals surface area contributed by atoms with Crippen LogP contribution in [0.3, 0.4) is 0 Å². The molecule has 0 spiro atoms. The molecule has 1 fully saturated rings. The Morgan fingerprint density at radius 1 is 1.44 bits per heavy atom. The molecule has 4 nitrogen and oxygen atoms in total. The van der Waals surface area contributed by atoms with E-state index in [0.717, 1.165) is 12.8 Å². The Labute approximate surface area is 114 Å². The van der Waals surface area contributed by atoms with Crippen LogP contribution in [0, 0.1) is 0 Å². The van der Waals surface area contributed by atoms with E-state index >= 15 is 0 Å². The summed E-state index contributed by atoms with van der Waals surface area (Å²) in [6.45, 7) is 4.55. The number of piperidine rings is 1. The summed E-state index contributed by atoms with van der Waals surface area (Å²) in [5.41, 5.74) is 6.09. The van der Waals surface area contributed by atoms with Crippen LogP contribution >= 0.6 is 12.4 Å². The largest absolute Gasteiger partial charge is 0.467 e. The van der Waals surface area contributed by atoms with Crippen molar-refractivity contribution in [2.24, 2.45) is 5.73 Å². The second-order valence-electron chi connectivity index (χ2n) is 4.85. The first-order chi connectivity index (χ1) is 8.13. The van der Waals surface area contributed by atoms with Gasteiger partial charge in [0.05, 0.1) is 12.1 Å². The van der Waals surface area contributed by atoms with Gasteiger partial charge in [0.25, 0.3) is 5.91 Å². The minimum atomic E-state index is 0. The van der Waals surface area contributed by atoms with Gasteiger partial charge in [-0.15, -0.1) is 12.4 Å². The van der Waals surface area contributed by atoms with E-state index in [2.05, 4.69) is 13.8 Å². The quantitative estimate of drug-likeness (QED) is 0.900. The molecule has 2 rings (SSSR count). The number of likely N-dealkylation sites (tertiary alicyclic amines) is 1. The number of hydrogen-bond acceptors (Lipinski definition) is 3. The highest BCUT2D eigenvalue weighted by molar-refractivity contribution is 5.94. The van der Waals surface area contributed by atoms with Crippen molar-refractivity contribution in [3.8, 4) is 0 Å². The molecule has 1 aromatic rings. The minimum absolute atomic E-state index is 0. The maximum Gasteiger partial charge on any atom is 0.257 e. The van der Waals surface area contributed by atoms with Crippen molar-refractivity contribution < 1.29 is 9.21 Å². The molecule has 2 unspecified atom stereocenters. The summed E-state index contributed by atoms with van der Waals surface area (Å²) in [7, 11) is 0. The summed E-state index contributed by atoms with van der Waals surface area (Å²) >= 11 is 0. The Kier molecular flexibility index (Phi) is 5.23. The van der Waals surface area contributed by atoms with Gasteiger partial charge in [-0.3, -0.25) is 4.79 Å². The molecule has 1 aromatic heterocycles. The third kappa shape index (κ3) is 2.87. The standard InChI is InChI=1S/C13H20N2O2.ClH/c1-9-4-3-5-10(2)15(9)13(16)11-6-12(7-14)17-8-11;/h6,8-10H,3-5,7,14H2,1-2H3;1H. The van der Waals surface area contributed by atoms with Crippen LogP contribution in [0.5, 0.6) is 0 Å². The number of carbonyl (C=O) groups excluding carboxylic acids is 1. The summed E-state index contributed by atoms with van der Waals surface area (Å²) < 4.78 is 5.22. The van der Waals surface area contributed by atoms with Gasteiger partial charge in [-0.05, 0) is 39.2 Å². The number of nitrogens with two attached hydrogens (primary N) is 1. The van der Waals surface area contributed by atoms with Crippen LogP contribution in [-0.2, 0) is 6.54 Å². The van der Waals surface area contributed by atoms with Crippen LogP contribution in [0.2, 0.25) is 0 Å². The number of carbonyl (C=O) groups is 1. The van der Waals surface area contributed by atoms with Crippen molar-refractivity contribution >= 4 is 18.3 Å². The zero-order valence-corrected chi connectivity index (χ0v) is 11.7. The van der Waals surface area contributed by atoms with Crippen LogP contribution in [0.15, 0.2) is 16.7 Å². The van der Waals surface area contributed by atoms with Gasteiger partial charge < -0.3 is 15.1 Å². The summed E-state index contributed by atoms with van der Waals surface area (Å²) in [5.74, 6) is 0.721. The lowest BCUT2D eigenvalue weighted by molar-refractivity contribution is 0.0510. The van der Waals surface area contributed by atoms with Crippen molar-refractivity contribution in [1.82, 2.24) is 4.90 Å². The maximum absolute atomic E-state index is 12.4. The predicted molar refractivity (Wildman–Crippen MR) is 72.8 cm³/mol. The van der Waals surface area contributed by atoms with E-state index in [9.17, 15) is 4.79 Å². The number of hydrogen-bond donors (Lipinski definition) is 1. The molecule has 0 saturated carbocycles. The van der Waals surface area contributed by atoms with Crippen LogP contribution in [0.25, 0.3) is 0 Å². The smallest absolute Gasteiger partial charge is 0.257 e. The summed E-state index contributed by atoms with van der Waals surface area (Å²) in [6, 6.07) is 2.36. The zero-order chi connectivity index (χ0) is 12.4. The number of halogens is 1. The lowest BCUT2D eigenvalue weighted by Gasteiger charge is -2.38. The van der Waals surface area contributed by atoms with E-state index in [4.69, 9.17) is 10.2 Å². The molecule has 2 heterocycles. The predicted octanol–water partition coefficient (Wildman–Crippen LogP) is 2.56. The third-order valence-corrected chi connectivity index (χ3v) is 3.53. The van der Waals surface area contributed by atoms with E-state index in [1.807, 2.05) is 4.90 Å². The second-order valence-corrected chi connectivity index (χ2v) is 4.85. The topological polar surface area (TPSA) is 59.5 Å². The molecular formula is C13H21ClN2O2. The number of furan rings is 1. The Balaban J connectivity index is 0.00000162. The molecule has 1 aliphatic heterocycles. The van der Waals surface area contributed by atoms with Gasteiger partial charge in [-0.1, -0.05) is 0 Å². The zero-order valence-electron chi connectivity index (χ0n) is 10.9. The molecule has 18 heavy (non-hydrogen) atoms. The van der Waals surface area contributed by atoms with Gasteiger partial charge >= 0.3 is 0 Å². The highest BCUT2D eigenvalue weighted by atomic mass is 35.5. The Hall–Kier alpha value is -1.00. The molecule has 0 bridgehead atoms. The molecule has 2 N–H and O–H groups in total. The first-order valence-corrected chi connectivity index (χ1v) is 6.23. The fraction of sp³-hybridized carbons (Fsp3) is 0.615. The Morgan fingerprint density at radius 2 is 2.06 bits per heavy atom. The van der Waals surface area contributed by atoms with Crippen LogP contribution < -0.4 is 5.73 Å². The molecule has 0 radical (unpaired) electrons. The third-order valence-electron chi connectivity index (χ3n) is 3.53. The fourth-order valence-corrected chi connectivity index (χ4v) is 2.57. The SMILES string of the molecule is CC1CCCC(C)N1C(=O)c1coc(CN)c1.Cl. The van der Waals surface area contributed by atoms with Crippen LogP contribution in [0.1, 0.15) is 49.2 Å². The van der Waals surface area contributed by atoms with Gasteiger partial charge in [0, 0.05) is 12.1 Å². The second kappa shape index (κ2) is 6.25. The van der Waals surface area contributed by atoms with Gasteiger partial charge in [-0.25, -0.2) is 0 Å². The molecule has 102 valence electrons. The van der Waals surface area contributed by atoms with Crippen molar-refractivity contribution in [2.75, 3.05) is 0 Å². The van der Waals surface area contributed by atoms with Crippen molar-refractivity contribution in [3.63, 3.8) is 0 Å². The molecule has 2 atom stereocenters. The molecule has 1 amide bonds. The highest BCUT2D eigenvalue weighted by Crippen LogP contribution is 2.25. The first kappa shape index (κ1) is 15.1.